The molecule has 1 heteroatoms. The van der Waals surface area contributed by atoms with Crippen molar-refractivity contribution in [2.24, 2.45) is 7.05 Å². The van der Waals surface area contributed by atoms with E-state index in [1.54, 1.807) is 0 Å². The second-order valence-electron chi connectivity index (χ2n) is 6.05. The minimum atomic E-state index is -0.0902. The minimum Gasteiger partial charge on any atom is -0.350 e. The zero-order valence-electron chi connectivity index (χ0n) is 13.2. The largest absolute Gasteiger partial charge is 0.350 e. The summed E-state index contributed by atoms with van der Waals surface area (Å²) in [5, 5.41) is 1.32. The van der Waals surface area contributed by atoms with Crippen molar-refractivity contribution >= 4 is 10.9 Å². The predicted octanol–water partition coefficient (Wildman–Crippen LogP) is 5.04. The zero-order chi connectivity index (χ0) is 14.6. The van der Waals surface area contributed by atoms with Crippen LogP contribution in [-0.2, 0) is 12.5 Å². The molecule has 1 aromatic heterocycles. The Morgan fingerprint density at radius 3 is 2.65 bits per heavy atom. The van der Waals surface area contributed by atoms with Gasteiger partial charge < -0.3 is 4.57 Å². The highest BCUT2D eigenvalue weighted by atomic mass is 14.9. The summed E-state index contributed by atoms with van der Waals surface area (Å²) in [5.74, 6) is 6.85. The molecule has 0 amide bonds. The maximum absolute atomic E-state index is 3.48. The first kappa shape index (κ1) is 14.7. The van der Waals surface area contributed by atoms with Crippen molar-refractivity contribution in [2.75, 3.05) is 0 Å². The monoisotopic (exact) mass is 267 g/mol. The lowest BCUT2D eigenvalue weighted by Gasteiger charge is -2.17. The molecule has 2 aromatic rings. The average molecular weight is 267 g/mol. The fourth-order valence-corrected chi connectivity index (χ4v) is 2.65. The van der Waals surface area contributed by atoms with E-state index in [0.29, 0.717) is 0 Å². The van der Waals surface area contributed by atoms with Gasteiger partial charge >= 0.3 is 0 Å². The van der Waals surface area contributed by atoms with Crippen LogP contribution in [0, 0.1) is 11.8 Å². The second kappa shape index (κ2) is 6.18. The first-order valence-corrected chi connectivity index (χ1v) is 7.61. The van der Waals surface area contributed by atoms with Gasteiger partial charge in [0.2, 0.25) is 0 Å². The molecule has 0 aliphatic rings. The summed E-state index contributed by atoms with van der Waals surface area (Å²) in [6, 6.07) is 8.57. The van der Waals surface area contributed by atoms with Crippen molar-refractivity contribution in [1.82, 2.24) is 4.57 Å². The van der Waals surface area contributed by atoms with Gasteiger partial charge in [-0.1, -0.05) is 43.9 Å². The number of benzene rings is 1. The van der Waals surface area contributed by atoms with Crippen molar-refractivity contribution in [2.45, 2.75) is 51.9 Å². The lowest BCUT2D eigenvalue weighted by atomic mass is 9.85. The third-order valence-corrected chi connectivity index (χ3v) is 3.88. The van der Waals surface area contributed by atoms with Crippen LogP contribution in [0.25, 0.3) is 10.9 Å². The predicted molar refractivity (Wildman–Crippen MR) is 87.9 cm³/mol. The van der Waals surface area contributed by atoms with E-state index in [9.17, 15) is 0 Å². The molecule has 0 unspecified atom stereocenters. The van der Waals surface area contributed by atoms with Crippen LogP contribution in [0.15, 0.2) is 30.5 Å². The quantitative estimate of drug-likeness (QED) is 0.540. The first-order valence-electron chi connectivity index (χ1n) is 7.61. The number of para-hydroxylation sites is 1. The molecule has 0 spiro atoms. The highest BCUT2D eigenvalue weighted by Crippen LogP contribution is 2.31. The number of aromatic nitrogens is 1. The van der Waals surface area contributed by atoms with Gasteiger partial charge in [-0.3, -0.25) is 0 Å². The molecule has 1 heterocycles. The van der Waals surface area contributed by atoms with Crippen LogP contribution in [0.4, 0.5) is 0 Å². The summed E-state index contributed by atoms with van der Waals surface area (Å²) in [4.78, 5) is 0. The van der Waals surface area contributed by atoms with Crippen LogP contribution in [0.1, 0.15) is 52.0 Å². The lowest BCUT2D eigenvalue weighted by Crippen LogP contribution is -2.13. The van der Waals surface area contributed by atoms with E-state index in [0.717, 1.165) is 6.42 Å². The molecule has 0 saturated carbocycles. The van der Waals surface area contributed by atoms with Crippen molar-refractivity contribution in [1.29, 1.82) is 0 Å². The summed E-state index contributed by atoms with van der Waals surface area (Å²) in [6.07, 6.45) is 7.00. The van der Waals surface area contributed by atoms with Crippen LogP contribution in [0.3, 0.4) is 0 Å². The number of rotatable bonds is 4. The molecule has 0 bridgehead atoms. The SMILES string of the molecule is CCCCCC#CC(C)(C)c1cn(C)c2ccccc12. The Kier molecular flexibility index (Phi) is 4.55. The third kappa shape index (κ3) is 3.07. The number of hydrogen-bond acceptors (Lipinski definition) is 0. The van der Waals surface area contributed by atoms with E-state index in [2.05, 4.69) is 74.7 Å². The Morgan fingerprint density at radius 1 is 1.15 bits per heavy atom. The topological polar surface area (TPSA) is 4.93 Å². The van der Waals surface area contributed by atoms with Gasteiger partial charge in [0.15, 0.2) is 0 Å². The molecule has 1 nitrogen and oxygen atoms in total. The van der Waals surface area contributed by atoms with Gasteiger partial charge in [0.25, 0.3) is 0 Å². The number of unbranched alkanes of at least 4 members (excludes halogenated alkanes) is 3. The van der Waals surface area contributed by atoms with Gasteiger partial charge in [0.1, 0.15) is 0 Å². The molecule has 0 radical (unpaired) electrons. The molecular formula is C19H25N. The van der Waals surface area contributed by atoms with Gasteiger partial charge in [0.05, 0.1) is 5.41 Å². The fraction of sp³-hybridized carbons (Fsp3) is 0.474. The molecular weight excluding hydrogens is 242 g/mol. The maximum atomic E-state index is 3.48. The van der Waals surface area contributed by atoms with E-state index in [-0.39, 0.29) is 5.41 Å². The highest BCUT2D eigenvalue weighted by molar-refractivity contribution is 5.85. The molecule has 0 aliphatic heterocycles. The van der Waals surface area contributed by atoms with Crippen LogP contribution in [-0.4, -0.2) is 4.57 Å². The molecule has 0 fully saturated rings. The van der Waals surface area contributed by atoms with Crippen molar-refractivity contribution in [3.8, 4) is 11.8 Å². The Bertz CT molecular complexity index is 635. The normalized spacial score (nSPS) is 11.4. The van der Waals surface area contributed by atoms with Gasteiger partial charge in [-0.05, 0) is 31.9 Å². The first-order chi connectivity index (χ1) is 9.56. The summed E-state index contributed by atoms with van der Waals surface area (Å²) in [5.41, 5.74) is 2.52. The third-order valence-electron chi connectivity index (χ3n) is 3.88. The number of hydrogen-bond donors (Lipinski definition) is 0. The Morgan fingerprint density at radius 2 is 1.90 bits per heavy atom. The number of aryl methyl sites for hydroxylation is 1. The van der Waals surface area contributed by atoms with Crippen LogP contribution in [0.2, 0.25) is 0 Å². The van der Waals surface area contributed by atoms with E-state index in [4.69, 9.17) is 0 Å². The summed E-state index contributed by atoms with van der Waals surface area (Å²) in [6.45, 7) is 6.68. The van der Waals surface area contributed by atoms with Gasteiger partial charge in [-0.2, -0.15) is 0 Å². The van der Waals surface area contributed by atoms with Crippen molar-refractivity contribution in [3.05, 3.63) is 36.0 Å². The van der Waals surface area contributed by atoms with Crippen LogP contribution >= 0.6 is 0 Å². The van der Waals surface area contributed by atoms with Gasteiger partial charge in [-0.15, -0.1) is 5.92 Å². The number of nitrogens with zero attached hydrogens (tertiary/aromatic N) is 1. The summed E-state index contributed by atoms with van der Waals surface area (Å²) >= 11 is 0. The molecule has 106 valence electrons. The van der Waals surface area contributed by atoms with Crippen LogP contribution < -0.4 is 0 Å². The van der Waals surface area contributed by atoms with Crippen molar-refractivity contribution in [3.63, 3.8) is 0 Å². The van der Waals surface area contributed by atoms with Crippen molar-refractivity contribution < 1.29 is 0 Å². The molecule has 1 aromatic carbocycles. The van der Waals surface area contributed by atoms with Gasteiger partial charge in [0, 0.05) is 30.6 Å². The van der Waals surface area contributed by atoms with E-state index < -0.39 is 0 Å². The molecule has 0 atom stereocenters. The fourth-order valence-electron chi connectivity index (χ4n) is 2.65. The maximum Gasteiger partial charge on any atom is 0.0527 e. The molecule has 0 saturated heterocycles. The van der Waals surface area contributed by atoms with Crippen LogP contribution in [0.5, 0.6) is 0 Å². The summed E-state index contributed by atoms with van der Waals surface area (Å²) in [7, 11) is 2.11. The number of fused-ring (bicyclic) bond motifs is 1. The average Bonchev–Trinajstić information content (AvgIpc) is 2.77. The van der Waals surface area contributed by atoms with E-state index >= 15 is 0 Å². The molecule has 20 heavy (non-hydrogen) atoms. The van der Waals surface area contributed by atoms with E-state index in [1.165, 1.54) is 35.7 Å². The van der Waals surface area contributed by atoms with Gasteiger partial charge in [-0.25, -0.2) is 0 Å². The van der Waals surface area contributed by atoms with E-state index in [1.807, 2.05) is 0 Å². The Labute approximate surface area is 123 Å². The molecule has 0 N–H and O–H groups in total. The Balaban J connectivity index is 2.27. The standard InChI is InChI=1S/C19H25N/c1-5-6-7-8-11-14-19(2,3)17-15-20(4)18-13-10-9-12-16(17)18/h9-10,12-13,15H,5-8H2,1-4H3. The Hall–Kier alpha value is -1.68. The summed E-state index contributed by atoms with van der Waals surface area (Å²) < 4.78 is 2.20. The molecule has 0 aliphatic carbocycles. The smallest absolute Gasteiger partial charge is 0.0527 e. The second-order valence-corrected chi connectivity index (χ2v) is 6.05. The highest BCUT2D eigenvalue weighted by Gasteiger charge is 2.22. The lowest BCUT2D eigenvalue weighted by molar-refractivity contribution is 0.695. The zero-order valence-corrected chi connectivity index (χ0v) is 13.2. The molecule has 2 rings (SSSR count). The minimum absolute atomic E-state index is 0.0902.